The van der Waals surface area contributed by atoms with Gasteiger partial charge in [0.2, 0.25) is 0 Å². The van der Waals surface area contributed by atoms with Gasteiger partial charge in [-0.1, -0.05) is 30.3 Å². The van der Waals surface area contributed by atoms with E-state index < -0.39 is 11.0 Å². The number of fused-ring (bicyclic) bond motifs is 1. The summed E-state index contributed by atoms with van der Waals surface area (Å²) in [6.07, 6.45) is 4.86. The third-order valence-electron chi connectivity index (χ3n) is 5.97. The van der Waals surface area contributed by atoms with E-state index in [0.717, 1.165) is 29.3 Å². The quantitative estimate of drug-likeness (QED) is 0.523. The van der Waals surface area contributed by atoms with Crippen LogP contribution in [0.3, 0.4) is 0 Å². The summed E-state index contributed by atoms with van der Waals surface area (Å²) in [6, 6.07) is 16.6. The second-order valence-electron chi connectivity index (χ2n) is 7.94. The molecule has 156 valence electrons. The van der Waals surface area contributed by atoms with Gasteiger partial charge in [0.1, 0.15) is 11.0 Å². The lowest BCUT2D eigenvalue weighted by Gasteiger charge is -2.31. The van der Waals surface area contributed by atoms with Crippen molar-refractivity contribution in [2.75, 3.05) is 13.1 Å². The second-order valence-corrected chi connectivity index (χ2v) is 9.38. The van der Waals surface area contributed by atoms with Crippen LogP contribution in [0.5, 0.6) is 0 Å². The fraction of sp³-hybridized carbons (Fsp3) is 0.273. The topological polar surface area (TPSA) is 103 Å². The van der Waals surface area contributed by atoms with Gasteiger partial charge in [-0.05, 0) is 36.1 Å². The van der Waals surface area contributed by atoms with Crippen LogP contribution in [0.1, 0.15) is 23.1 Å². The van der Waals surface area contributed by atoms with Gasteiger partial charge in [-0.15, -0.1) is 5.10 Å². The zero-order chi connectivity index (χ0) is 21.4. The van der Waals surface area contributed by atoms with Gasteiger partial charge in [0.15, 0.2) is 5.03 Å². The van der Waals surface area contributed by atoms with Crippen molar-refractivity contribution in [1.82, 2.24) is 29.5 Å². The lowest BCUT2D eigenvalue weighted by Crippen LogP contribution is -2.35. The molecule has 2 unspecified atom stereocenters. The van der Waals surface area contributed by atoms with Crippen LogP contribution in [-0.4, -0.2) is 46.8 Å². The number of hydrogen-bond acceptors (Lipinski definition) is 5. The maximum atomic E-state index is 13.2. The van der Waals surface area contributed by atoms with Gasteiger partial charge in [-0.25, -0.2) is 8.51 Å². The van der Waals surface area contributed by atoms with Gasteiger partial charge < -0.3 is 0 Å². The molecule has 1 aliphatic rings. The minimum atomic E-state index is -1.41. The van der Waals surface area contributed by atoms with Gasteiger partial charge in [0.25, 0.3) is 0 Å². The number of aromatic nitrogens is 5. The summed E-state index contributed by atoms with van der Waals surface area (Å²) >= 11 is 0. The van der Waals surface area contributed by atoms with Crippen molar-refractivity contribution in [1.29, 1.82) is 5.26 Å². The molecule has 0 bridgehead atoms. The molecule has 5 rings (SSSR count). The molecule has 0 spiro atoms. The van der Waals surface area contributed by atoms with Crippen molar-refractivity contribution >= 4 is 21.9 Å². The minimum absolute atomic E-state index is 0.351. The average Bonchev–Trinajstić information content (AvgIpc) is 3.53. The van der Waals surface area contributed by atoms with Crippen molar-refractivity contribution < 1.29 is 4.21 Å². The van der Waals surface area contributed by atoms with Crippen LogP contribution in [0.2, 0.25) is 0 Å². The fourth-order valence-corrected chi connectivity index (χ4v) is 5.70. The van der Waals surface area contributed by atoms with Gasteiger partial charge in [0.05, 0.1) is 29.5 Å². The van der Waals surface area contributed by atoms with E-state index in [0.29, 0.717) is 23.7 Å². The number of aromatic amines is 1. The van der Waals surface area contributed by atoms with E-state index in [9.17, 15) is 9.47 Å². The maximum absolute atomic E-state index is 13.2. The van der Waals surface area contributed by atoms with Crippen LogP contribution in [-0.2, 0) is 29.9 Å². The van der Waals surface area contributed by atoms with Gasteiger partial charge in [0, 0.05) is 30.9 Å². The third kappa shape index (κ3) is 3.54. The highest BCUT2D eigenvalue weighted by molar-refractivity contribution is 7.82. The van der Waals surface area contributed by atoms with Crippen LogP contribution in [0, 0.1) is 11.3 Å². The summed E-state index contributed by atoms with van der Waals surface area (Å²) < 4.78 is 15.1. The van der Waals surface area contributed by atoms with Crippen LogP contribution in [0.4, 0.5) is 0 Å². The highest BCUT2D eigenvalue weighted by atomic mass is 32.2. The fourth-order valence-electron chi connectivity index (χ4n) is 4.48. The van der Waals surface area contributed by atoms with E-state index in [1.807, 2.05) is 28.6 Å². The molecule has 1 N–H and O–H groups in total. The van der Waals surface area contributed by atoms with Gasteiger partial charge >= 0.3 is 0 Å². The molecule has 0 radical (unpaired) electrons. The number of aryl methyl sites for hydroxylation is 1. The molecule has 2 aromatic heterocycles. The van der Waals surface area contributed by atoms with E-state index in [2.05, 4.69) is 44.7 Å². The smallest absolute Gasteiger partial charge is 0.185 e. The highest BCUT2D eigenvalue weighted by Gasteiger charge is 2.43. The zero-order valence-electron chi connectivity index (χ0n) is 17.0. The first-order valence-corrected chi connectivity index (χ1v) is 11.1. The first-order chi connectivity index (χ1) is 15.1. The number of nitrogens with one attached hydrogen (secondary N) is 1. The summed E-state index contributed by atoms with van der Waals surface area (Å²) in [5, 5.41) is 26.7. The number of hydrogen-bond donors (Lipinski definition) is 1. The molecule has 4 aromatic rings. The summed E-state index contributed by atoms with van der Waals surface area (Å²) in [7, 11) is 0.305. The predicted molar refractivity (Wildman–Crippen MR) is 116 cm³/mol. The highest BCUT2D eigenvalue weighted by Crippen LogP contribution is 2.41. The Morgan fingerprint density at radius 2 is 2.10 bits per heavy atom. The van der Waals surface area contributed by atoms with Gasteiger partial charge in [-0.2, -0.15) is 20.3 Å². The molecule has 8 nitrogen and oxygen atoms in total. The predicted octanol–water partition coefficient (Wildman–Crippen LogP) is 2.47. The Hall–Kier alpha value is -3.35. The molecule has 0 amide bonds. The summed E-state index contributed by atoms with van der Waals surface area (Å²) in [6.45, 7) is 1.20. The second kappa shape index (κ2) is 7.72. The molecule has 3 heterocycles. The van der Waals surface area contributed by atoms with E-state index in [1.54, 1.807) is 19.4 Å². The number of rotatable bonds is 5. The Balaban J connectivity index is 1.58. The van der Waals surface area contributed by atoms with Crippen LogP contribution >= 0.6 is 0 Å². The van der Waals surface area contributed by atoms with Crippen LogP contribution < -0.4 is 0 Å². The molecule has 9 heteroatoms. The third-order valence-corrected chi connectivity index (χ3v) is 7.29. The number of nitrogens with zero attached hydrogens (tertiary/aromatic N) is 6. The van der Waals surface area contributed by atoms with Crippen LogP contribution in [0.25, 0.3) is 10.9 Å². The van der Waals surface area contributed by atoms with Crippen molar-refractivity contribution in [3.63, 3.8) is 0 Å². The molecule has 2 atom stereocenters. The Kier molecular flexibility index (Phi) is 4.88. The normalized spacial score (nSPS) is 20.1. The maximum Gasteiger partial charge on any atom is 0.185 e. The Labute approximate surface area is 182 Å². The standard InChI is InChI=1S/C22H21N7OS/c1-28-25-14-21(27-28)31(30)29-8-7-22(15-29,11-16-5-3-2-4-6-16)19-9-18-13-24-26-20(18)10-17(19)12-23/h2-6,9-10,13-14H,7-8,11,15H2,1H3,(H,24,26). The SMILES string of the molecule is Cn1ncc(S(=O)N2CCC(Cc3ccccc3)(c3cc4cn[nH]c4cc3C#N)C2)n1. The van der Waals surface area contributed by atoms with Crippen molar-refractivity contribution in [2.45, 2.75) is 23.3 Å². The van der Waals surface area contributed by atoms with E-state index in [-0.39, 0.29) is 5.41 Å². The molecule has 0 saturated carbocycles. The Morgan fingerprint density at radius 3 is 2.84 bits per heavy atom. The molecule has 2 aromatic carbocycles. The largest absolute Gasteiger partial charge is 0.278 e. The first-order valence-electron chi connectivity index (χ1n) is 10.0. The number of H-pyrrole nitrogens is 1. The molecule has 1 fully saturated rings. The lowest BCUT2D eigenvalue weighted by molar-refractivity contribution is 0.429. The Morgan fingerprint density at radius 1 is 1.26 bits per heavy atom. The summed E-state index contributed by atoms with van der Waals surface area (Å²) in [5.74, 6) is 0. The van der Waals surface area contributed by atoms with E-state index >= 15 is 0 Å². The zero-order valence-corrected chi connectivity index (χ0v) is 17.8. The number of nitriles is 1. The number of benzene rings is 2. The molecular weight excluding hydrogens is 410 g/mol. The molecular formula is C22H21N7OS. The monoisotopic (exact) mass is 431 g/mol. The van der Waals surface area contributed by atoms with Gasteiger partial charge in [-0.3, -0.25) is 5.10 Å². The molecule has 1 aliphatic heterocycles. The van der Waals surface area contributed by atoms with Crippen molar-refractivity contribution in [3.05, 3.63) is 71.5 Å². The minimum Gasteiger partial charge on any atom is -0.278 e. The van der Waals surface area contributed by atoms with Crippen molar-refractivity contribution in [3.8, 4) is 6.07 Å². The molecule has 0 aliphatic carbocycles. The summed E-state index contributed by atoms with van der Waals surface area (Å²) in [5.41, 5.74) is 3.28. The molecule has 31 heavy (non-hydrogen) atoms. The lowest BCUT2D eigenvalue weighted by atomic mass is 9.73. The van der Waals surface area contributed by atoms with E-state index in [4.69, 9.17) is 0 Å². The van der Waals surface area contributed by atoms with Crippen molar-refractivity contribution in [2.24, 2.45) is 7.05 Å². The average molecular weight is 432 g/mol. The van der Waals surface area contributed by atoms with Crippen LogP contribution in [0.15, 0.2) is 59.9 Å². The first kappa shape index (κ1) is 19.6. The Bertz CT molecular complexity index is 1310. The molecule has 1 saturated heterocycles. The summed E-state index contributed by atoms with van der Waals surface area (Å²) in [4.78, 5) is 1.42. The van der Waals surface area contributed by atoms with E-state index in [1.165, 1.54) is 10.4 Å².